The summed E-state index contributed by atoms with van der Waals surface area (Å²) in [6.07, 6.45) is 0. The van der Waals surface area contributed by atoms with Crippen LogP contribution in [0.4, 0.5) is 9.88 Å². The lowest BCUT2D eigenvalue weighted by atomic mass is 10.3. The molecule has 1 atom stereocenters. The Morgan fingerprint density at radius 3 is 1.92 bits per heavy atom. The molecule has 68 valence electrons. The maximum absolute atomic E-state index is 10.2. The van der Waals surface area contributed by atoms with Crippen molar-refractivity contribution in [2.24, 2.45) is 0 Å². The maximum Gasteiger partial charge on any atom is 0.305 e. The van der Waals surface area contributed by atoms with Crippen molar-refractivity contribution in [2.45, 2.75) is 0 Å². The summed E-state index contributed by atoms with van der Waals surface area (Å²) in [5.74, 6) is 0. The standard InChI is InChI=1S/C6H7N.FH2O3P/c7-6-4-2-1-3-5-6;1-5(2,3)4/h1-5H,7H2;(H2,2,3,4). The summed E-state index contributed by atoms with van der Waals surface area (Å²) in [5, 5.41) is 0. The first kappa shape index (κ1) is 11.3. The first-order chi connectivity index (χ1) is 5.39. The Bertz CT molecular complexity index is 252. The number of rotatable bonds is 0. The minimum atomic E-state index is -5.39. The minimum Gasteiger partial charge on any atom is -0.753 e. The Balaban J connectivity index is 0.000000217. The number of hydrogen-bond donors (Lipinski definition) is 2. The molecule has 0 fully saturated rings. The maximum atomic E-state index is 10.2. The van der Waals surface area contributed by atoms with Gasteiger partial charge in [0.25, 0.3) is 0 Å². The second-order valence-electron chi connectivity index (χ2n) is 1.94. The van der Waals surface area contributed by atoms with Gasteiger partial charge in [0.05, 0.1) is 0 Å². The first-order valence-electron chi connectivity index (χ1n) is 3.00. The third-order valence-electron chi connectivity index (χ3n) is 0.843. The molecule has 0 saturated heterocycles. The van der Waals surface area contributed by atoms with Crippen LogP contribution in [0.5, 0.6) is 0 Å². The van der Waals surface area contributed by atoms with Crippen LogP contribution in [0.2, 0.25) is 0 Å². The van der Waals surface area contributed by atoms with Gasteiger partial charge in [-0.15, -0.1) is 0 Å². The Morgan fingerprint density at radius 2 is 1.75 bits per heavy atom. The van der Waals surface area contributed by atoms with Gasteiger partial charge in [0, 0.05) is 0 Å². The summed E-state index contributed by atoms with van der Waals surface area (Å²) < 4.78 is 18.8. The van der Waals surface area contributed by atoms with Crippen LogP contribution in [0.25, 0.3) is 0 Å². The second-order valence-corrected chi connectivity index (χ2v) is 2.84. The van der Waals surface area contributed by atoms with Crippen LogP contribution in [0.3, 0.4) is 0 Å². The quantitative estimate of drug-likeness (QED) is 0.567. The van der Waals surface area contributed by atoms with Gasteiger partial charge >= 0.3 is 7.91 Å². The molecule has 1 unspecified atom stereocenters. The smallest absolute Gasteiger partial charge is 0.305 e. The van der Waals surface area contributed by atoms with Crippen molar-refractivity contribution >= 4 is 13.6 Å². The Labute approximate surface area is 69.1 Å². The molecule has 0 heterocycles. The van der Waals surface area contributed by atoms with Crippen LogP contribution in [0.15, 0.2) is 30.3 Å². The highest BCUT2D eigenvalue weighted by Crippen LogP contribution is 2.28. The van der Waals surface area contributed by atoms with Crippen LogP contribution >= 0.6 is 7.91 Å². The molecule has 0 bridgehead atoms. The zero-order valence-electron chi connectivity index (χ0n) is 6.18. The topological polar surface area (TPSA) is 88.0 Å². The normalized spacial score (nSPS) is 14.0. The number of benzene rings is 1. The summed E-state index contributed by atoms with van der Waals surface area (Å²) in [7, 11) is -5.39. The van der Waals surface area contributed by atoms with E-state index in [1.54, 1.807) is 0 Å². The fraction of sp³-hybridized carbons (Fsp3) is 0. The van der Waals surface area contributed by atoms with Crippen molar-refractivity contribution in [3.63, 3.8) is 0 Å². The highest BCUT2D eigenvalue weighted by Gasteiger charge is 1.87. The lowest BCUT2D eigenvalue weighted by molar-refractivity contribution is -0.254. The Hall–Kier alpha value is -0.740. The van der Waals surface area contributed by atoms with Crippen molar-refractivity contribution < 1.29 is 24.3 Å². The van der Waals surface area contributed by atoms with Crippen LogP contribution < -0.4 is 10.6 Å². The van der Waals surface area contributed by atoms with E-state index in [1.165, 1.54) is 0 Å². The monoisotopic (exact) mass is 193 g/mol. The molecule has 0 aliphatic rings. The van der Waals surface area contributed by atoms with Gasteiger partial charge in [-0.3, -0.25) is 4.57 Å². The highest BCUT2D eigenvalue weighted by molar-refractivity contribution is 7.44. The van der Waals surface area contributed by atoms with Gasteiger partial charge in [-0.25, -0.2) is 0 Å². The van der Waals surface area contributed by atoms with E-state index >= 15 is 0 Å². The van der Waals surface area contributed by atoms with Crippen molar-refractivity contribution in [2.75, 3.05) is 0 Å². The average Bonchev–Trinajstić information content (AvgIpc) is 1.85. The van der Waals surface area contributed by atoms with E-state index in [-0.39, 0.29) is 0 Å². The van der Waals surface area contributed by atoms with E-state index in [0.717, 1.165) is 5.69 Å². The highest BCUT2D eigenvalue weighted by atomic mass is 31.2. The second kappa shape index (κ2) is 5.00. The zero-order valence-corrected chi connectivity index (χ0v) is 7.08. The lowest BCUT2D eigenvalue weighted by Gasteiger charge is -1.97. The van der Waals surface area contributed by atoms with Crippen molar-refractivity contribution in [3.05, 3.63) is 30.3 Å². The molecule has 0 radical (unpaired) electrons. The molecular formula is C6H9FNO3P. The molecule has 0 aromatic heterocycles. The fourth-order valence-electron chi connectivity index (χ4n) is 0.478. The molecule has 4 nitrogen and oxygen atoms in total. The minimum absolute atomic E-state index is 1.07. The zero-order chi connectivity index (χ0) is 9.61. The van der Waals surface area contributed by atoms with Crippen molar-refractivity contribution in [3.8, 4) is 0 Å². The molecule has 0 spiro atoms. The van der Waals surface area contributed by atoms with E-state index in [0.29, 0.717) is 0 Å². The molecule has 0 aliphatic heterocycles. The summed E-state index contributed by atoms with van der Waals surface area (Å²) in [5.41, 5.74) is 4.79. The molecule has 0 aliphatic carbocycles. The summed E-state index contributed by atoms with van der Waals surface area (Å²) in [6, 6.07) is 9.87. The van der Waals surface area contributed by atoms with Crippen LogP contribution in [-0.2, 0) is 4.57 Å². The van der Waals surface area contributed by atoms with Gasteiger partial charge in [-0.05, 0) is 12.1 Å². The predicted octanol–water partition coefficient (Wildman–Crippen LogP) is -0.0234. The van der Waals surface area contributed by atoms with Gasteiger partial charge in [-0.1, -0.05) is 18.2 Å². The molecule has 6 heteroatoms. The van der Waals surface area contributed by atoms with Gasteiger partial charge in [0.2, 0.25) is 0 Å². The molecule has 0 saturated carbocycles. The van der Waals surface area contributed by atoms with Crippen molar-refractivity contribution in [1.82, 2.24) is 0 Å². The average molecular weight is 193 g/mol. The van der Waals surface area contributed by atoms with E-state index < -0.39 is 7.91 Å². The Kier molecular flexibility index (Phi) is 4.70. The van der Waals surface area contributed by atoms with E-state index in [4.69, 9.17) is 14.4 Å². The summed E-state index contributed by atoms with van der Waals surface area (Å²) in [4.78, 5) is 15.4. The van der Waals surface area contributed by atoms with E-state index in [9.17, 15) is 4.20 Å². The molecular weight excluding hydrogens is 184 g/mol. The van der Waals surface area contributed by atoms with E-state index in [1.807, 2.05) is 30.3 Å². The number of hydrogen-bond acceptors (Lipinski definition) is 2. The molecule has 4 N–H and O–H groups in total. The largest absolute Gasteiger partial charge is 0.753 e. The van der Waals surface area contributed by atoms with Crippen LogP contribution in [0.1, 0.15) is 0 Å². The molecule has 0 amide bonds. The fourth-order valence-corrected chi connectivity index (χ4v) is 0.478. The Morgan fingerprint density at radius 1 is 1.42 bits per heavy atom. The number of halogens is 1. The molecule has 12 heavy (non-hydrogen) atoms. The van der Waals surface area contributed by atoms with Gasteiger partial charge in [0.1, 0.15) is 5.69 Å². The lowest BCUT2D eigenvalue weighted by Crippen LogP contribution is -2.39. The molecule has 1 aromatic rings. The van der Waals surface area contributed by atoms with Gasteiger partial charge in [0.15, 0.2) is 0 Å². The summed E-state index contributed by atoms with van der Waals surface area (Å²) >= 11 is 0. The van der Waals surface area contributed by atoms with Gasteiger partial charge in [-0.2, -0.15) is 4.20 Å². The van der Waals surface area contributed by atoms with Crippen LogP contribution in [-0.4, -0.2) is 4.89 Å². The van der Waals surface area contributed by atoms with Crippen LogP contribution in [0, 0.1) is 0 Å². The summed E-state index contributed by atoms with van der Waals surface area (Å²) in [6.45, 7) is 0. The van der Waals surface area contributed by atoms with Gasteiger partial charge < -0.3 is 15.5 Å². The molecule has 1 rings (SSSR count). The third-order valence-corrected chi connectivity index (χ3v) is 0.843. The molecule has 1 aromatic carbocycles. The van der Waals surface area contributed by atoms with Crippen molar-refractivity contribution in [1.29, 1.82) is 0 Å². The predicted molar refractivity (Wildman–Crippen MR) is 39.9 cm³/mol. The first-order valence-corrected chi connectivity index (χ1v) is 4.47. The van der Waals surface area contributed by atoms with E-state index in [2.05, 4.69) is 5.73 Å². The number of quaternary nitrogens is 1. The third kappa shape index (κ3) is 12.0. The SMILES string of the molecule is O=P([O-])(O)F.[NH3+]c1ccccc1.